The molecular weight excluding hydrogens is 384 g/mol. The van der Waals surface area contributed by atoms with Gasteiger partial charge in [0.1, 0.15) is 16.6 Å². The molecule has 1 heterocycles. The zero-order valence-corrected chi connectivity index (χ0v) is 14.6. The molecule has 3 aromatic rings. The first-order chi connectivity index (χ1) is 12.4. The molecule has 0 aliphatic heterocycles. The Labute approximate surface area is 151 Å². The lowest BCUT2D eigenvalue weighted by Crippen LogP contribution is -2.41. The van der Waals surface area contributed by atoms with Crippen LogP contribution in [0.3, 0.4) is 0 Å². The summed E-state index contributed by atoms with van der Waals surface area (Å²) in [6.07, 6.45) is 0. The van der Waals surface area contributed by atoms with E-state index in [0.717, 1.165) is 17.4 Å². The van der Waals surface area contributed by atoms with Crippen LogP contribution in [0.4, 0.5) is 8.78 Å². The monoisotopic (exact) mass is 395 g/mol. The van der Waals surface area contributed by atoms with Crippen molar-refractivity contribution in [2.45, 2.75) is 5.03 Å². The standard InChI is InChI=1S/C16H11F2N3O3S2/c17-11-7-5-10(6-8-11)16-19-14(9-25-16)26(23,24)21-20-15(22)12-3-1-2-4-13(12)18/h1-9,21H,(H,20,22). The molecule has 0 saturated carbocycles. The van der Waals surface area contributed by atoms with Gasteiger partial charge >= 0.3 is 0 Å². The van der Waals surface area contributed by atoms with Crippen molar-refractivity contribution in [3.8, 4) is 10.6 Å². The fourth-order valence-corrected chi connectivity index (χ4v) is 3.93. The topological polar surface area (TPSA) is 88.2 Å². The van der Waals surface area contributed by atoms with E-state index >= 15 is 0 Å². The van der Waals surface area contributed by atoms with E-state index in [1.54, 1.807) is 0 Å². The lowest BCUT2D eigenvalue weighted by atomic mass is 10.2. The Morgan fingerprint density at radius 1 is 1.04 bits per heavy atom. The van der Waals surface area contributed by atoms with Crippen molar-refractivity contribution >= 4 is 27.3 Å². The van der Waals surface area contributed by atoms with Gasteiger partial charge in [-0.3, -0.25) is 10.2 Å². The van der Waals surface area contributed by atoms with Crippen LogP contribution in [-0.2, 0) is 10.0 Å². The van der Waals surface area contributed by atoms with Gasteiger partial charge in [0, 0.05) is 10.9 Å². The van der Waals surface area contributed by atoms with Crippen LogP contribution in [0.15, 0.2) is 58.9 Å². The number of nitrogens with one attached hydrogen (secondary N) is 2. The molecule has 10 heteroatoms. The van der Waals surface area contributed by atoms with Gasteiger partial charge in [0.25, 0.3) is 15.9 Å². The van der Waals surface area contributed by atoms with Crippen LogP contribution in [0.25, 0.3) is 10.6 Å². The molecule has 26 heavy (non-hydrogen) atoms. The van der Waals surface area contributed by atoms with Crippen LogP contribution >= 0.6 is 11.3 Å². The molecule has 0 aliphatic carbocycles. The fourth-order valence-electron chi connectivity index (χ4n) is 1.99. The van der Waals surface area contributed by atoms with Gasteiger partial charge in [-0.1, -0.05) is 12.1 Å². The molecule has 2 aromatic carbocycles. The maximum Gasteiger partial charge on any atom is 0.275 e. The van der Waals surface area contributed by atoms with E-state index in [-0.39, 0.29) is 10.6 Å². The second kappa shape index (κ2) is 7.28. The molecule has 134 valence electrons. The number of carbonyl (C=O) groups is 1. The number of thiazole rings is 1. The molecule has 0 atom stereocenters. The molecule has 1 amide bonds. The van der Waals surface area contributed by atoms with Crippen molar-refractivity contribution in [3.05, 3.63) is 71.1 Å². The highest BCUT2D eigenvalue weighted by Crippen LogP contribution is 2.25. The predicted octanol–water partition coefficient (Wildman–Crippen LogP) is 2.71. The van der Waals surface area contributed by atoms with Gasteiger partial charge in [-0.25, -0.2) is 22.2 Å². The van der Waals surface area contributed by atoms with E-state index in [2.05, 4.69) is 4.98 Å². The third-order valence-corrected chi connectivity index (χ3v) is 5.44. The smallest absolute Gasteiger partial charge is 0.273 e. The van der Waals surface area contributed by atoms with Gasteiger partial charge in [0.2, 0.25) is 0 Å². The Kier molecular flexibility index (Phi) is 5.07. The molecule has 0 radical (unpaired) electrons. The van der Waals surface area contributed by atoms with Crippen molar-refractivity contribution in [1.29, 1.82) is 0 Å². The molecule has 0 saturated heterocycles. The molecule has 3 rings (SSSR count). The normalized spacial score (nSPS) is 11.3. The number of benzene rings is 2. The molecule has 0 unspecified atom stereocenters. The third kappa shape index (κ3) is 3.93. The van der Waals surface area contributed by atoms with E-state index in [1.807, 2.05) is 10.3 Å². The summed E-state index contributed by atoms with van der Waals surface area (Å²) >= 11 is 1.04. The average molecular weight is 395 g/mol. The Morgan fingerprint density at radius 3 is 2.42 bits per heavy atom. The molecule has 2 N–H and O–H groups in total. The Balaban J connectivity index is 1.74. The maximum atomic E-state index is 13.5. The Bertz CT molecular complexity index is 1050. The number of halogens is 2. The average Bonchev–Trinajstić information content (AvgIpc) is 3.12. The van der Waals surface area contributed by atoms with Gasteiger partial charge in [-0.05, 0) is 36.4 Å². The first kappa shape index (κ1) is 18.1. The summed E-state index contributed by atoms with van der Waals surface area (Å²) in [5.74, 6) is -2.15. The number of amides is 1. The van der Waals surface area contributed by atoms with E-state index in [1.165, 1.54) is 47.8 Å². The first-order valence-electron chi connectivity index (χ1n) is 7.15. The van der Waals surface area contributed by atoms with Crippen molar-refractivity contribution in [2.75, 3.05) is 0 Å². The lowest BCUT2D eigenvalue weighted by molar-refractivity contribution is 0.0941. The van der Waals surface area contributed by atoms with E-state index in [9.17, 15) is 22.0 Å². The largest absolute Gasteiger partial charge is 0.275 e. The SMILES string of the molecule is O=C(NNS(=O)(=O)c1csc(-c2ccc(F)cc2)n1)c1ccccc1F. The molecule has 0 spiro atoms. The zero-order valence-electron chi connectivity index (χ0n) is 12.9. The Morgan fingerprint density at radius 2 is 1.73 bits per heavy atom. The number of aromatic nitrogens is 1. The number of sulfonamides is 1. The van der Waals surface area contributed by atoms with Crippen LogP contribution in [0.1, 0.15) is 10.4 Å². The highest BCUT2D eigenvalue weighted by molar-refractivity contribution is 7.89. The molecule has 6 nitrogen and oxygen atoms in total. The van der Waals surface area contributed by atoms with Crippen molar-refractivity contribution in [1.82, 2.24) is 15.2 Å². The highest BCUT2D eigenvalue weighted by Gasteiger charge is 2.20. The summed E-state index contributed by atoms with van der Waals surface area (Å²) in [6.45, 7) is 0. The summed E-state index contributed by atoms with van der Waals surface area (Å²) in [5, 5.41) is 1.32. The van der Waals surface area contributed by atoms with Gasteiger partial charge in [0.05, 0.1) is 5.56 Å². The molecule has 0 fully saturated rings. The third-order valence-electron chi connectivity index (χ3n) is 3.27. The summed E-state index contributed by atoms with van der Waals surface area (Å²) in [6, 6.07) is 10.6. The first-order valence-corrected chi connectivity index (χ1v) is 9.51. The minimum absolute atomic E-state index is 0.305. The zero-order chi connectivity index (χ0) is 18.7. The maximum absolute atomic E-state index is 13.5. The van der Waals surface area contributed by atoms with Crippen LogP contribution in [-0.4, -0.2) is 19.3 Å². The minimum atomic E-state index is -4.15. The highest BCUT2D eigenvalue weighted by atomic mass is 32.2. The number of hydrogen-bond donors (Lipinski definition) is 2. The van der Waals surface area contributed by atoms with Crippen LogP contribution in [0.5, 0.6) is 0 Å². The number of hydrazine groups is 1. The number of nitrogens with zero attached hydrogens (tertiary/aromatic N) is 1. The summed E-state index contributed by atoms with van der Waals surface area (Å²) in [5.41, 5.74) is 2.18. The summed E-state index contributed by atoms with van der Waals surface area (Å²) in [4.78, 5) is 17.7. The molecular formula is C16H11F2N3O3S2. The van der Waals surface area contributed by atoms with Crippen molar-refractivity contribution in [3.63, 3.8) is 0 Å². The molecule has 0 bridgehead atoms. The number of carbonyl (C=O) groups excluding carboxylic acids is 1. The fraction of sp³-hybridized carbons (Fsp3) is 0. The lowest BCUT2D eigenvalue weighted by Gasteiger charge is -2.07. The molecule has 1 aromatic heterocycles. The summed E-state index contributed by atoms with van der Waals surface area (Å²) in [7, 11) is -4.15. The second-order valence-corrected chi connectivity index (χ2v) is 7.52. The van der Waals surface area contributed by atoms with Gasteiger partial charge in [-0.15, -0.1) is 16.2 Å². The van der Waals surface area contributed by atoms with E-state index in [0.29, 0.717) is 10.6 Å². The van der Waals surface area contributed by atoms with Gasteiger partial charge < -0.3 is 0 Å². The van der Waals surface area contributed by atoms with Crippen LogP contribution < -0.4 is 10.3 Å². The number of hydrogen-bond acceptors (Lipinski definition) is 5. The minimum Gasteiger partial charge on any atom is -0.273 e. The predicted molar refractivity (Wildman–Crippen MR) is 91.7 cm³/mol. The van der Waals surface area contributed by atoms with E-state index in [4.69, 9.17) is 0 Å². The second-order valence-electron chi connectivity index (χ2n) is 5.04. The van der Waals surface area contributed by atoms with Crippen molar-refractivity contribution in [2.24, 2.45) is 0 Å². The van der Waals surface area contributed by atoms with Gasteiger partial charge in [0.15, 0.2) is 5.03 Å². The van der Waals surface area contributed by atoms with Gasteiger partial charge in [-0.2, -0.15) is 0 Å². The van der Waals surface area contributed by atoms with Crippen molar-refractivity contribution < 1.29 is 22.0 Å². The quantitative estimate of drug-likeness (QED) is 0.650. The van der Waals surface area contributed by atoms with Crippen LogP contribution in [0, 0.1) is 11.6 Å². The molecule has 0 aliphatic rings. The summed E-state index contributed by atoms with van der Waals surface area (Å²) < 4.78 is 50.9. The van der Waals surface area contributed by atoms with Crippen LogP contribution in [0.2, 0.25) is 0 Å². The number of rotatable bonds is 5. The Hall–Kier alpha value is -2.69. The van der Waals surface area contributed by atoms with E-state index < -0.39 is 27.6 Å².